The van der Waals surface area contributed by atoms with Gasteiger partial charge < -0.3 is 15.7 Å². The summed E-state index contributed by atoms with van der Waals surface area (Å²) in [5, 5.41) is 21.6. The summed E-state index contributed by atoms with van der Waals surface area (Å²) in [5.41, 5.74) is 2.80. The molecule has 1 aliphatic carbocycles. The maximum Gasteiger partial charge on any atom is 0.342 e. The second-order valence-corrected chi connectivity index (χ2v) is 9.24. The first-order chi connectivity index (χ1) is 16.4. The van der Waals surface area contributed by atoms with E-state index < -0.39 is 0 Å². The standard InChI is InChI=1S/C26H29ClN4O3/c1-3-16(2)28-26(34)31-23(17-6-4-5-7-17)15-22(30-31)21-13-12-20(14-24(21)32)29-25(33)18-8-10-19(27)11-9-18/h8-17,32H,3-7H2,1-2H3,(H,28,34)(H,29,33). The van der Waals surface area contributed by atoms with E-state index in [2.05, 4.69) is 15.7 Å². The summed E-state index contributed by atoms with van der Waals surface area (Å²) in [6.07, 6.45) is 5.12. The minimum atomic E-state index is -0.307. The Balaban J connectivity index is 1.59. The van der Waals surface area contributed by atoms with Crippen LogP contribution >= 0.6 is 11.6 Å². The number of aromatic hydroxyl groups is 1. The van der Waals surface area contributed by atoms with Crippen molar-refractivity contribution in [3.63, 3.8) is 0 Å². The molecule has 0 aliphatic heterocycles. The molecule has 34 heavy (non-hydrogen) atoms. The quantitative estimate of drug-likeness (QED) is 0.392. The number of nitrogens with zero attached hydrogens (tertiary/aromatic N) is 2. The van der Waals surface area contributed by atoms with Gasteiger partial charge in [-0.1, -0.05) is 31.4 Å². The van der Waals surface area contributed by atoms with Crippen LogP contribution in [0.15, 0.2) is 48.5 Å². The largest absolute Gasteiger partial charge is 0.507 e. The molecule has 8 heteroatoms. The number of aromatic nitrogens is 2. The summed E-state index contributed by atoms with van der Waals surface area (Å²) < 4.78 is 1.45. The van der Waals surface area contributed by atoms with E-state index >= 15 is 0 Å². The van der Waals surface area contributed by atoms with Crippen LogP contribution < -0.4 is 10.6 Å². The van der Waals surface area contributed by atoms with Gasteiger partial charge in [-0.05, 0) is 68.7 Å². The predicted molar refractivity (Wildman–Crippen MR) is 134 cm³/mol. The molecular formula is C26H29ClN4O3. The number of rotatable bonds is 6. The Morgan fingerprint density at radius 3 is 2.50 bits per heavy atom. The summed E-state index contributed by atoms with van der Waals surface area (Å²) in [4.78, 5) is 25.4. The number of phenols is 1. The number of amides is 2. The van der Waals surface area contributed by atoms with Gasteiger partial charge in [-0.3, -0.25) is 4.79 Å². The van der Waals surface area contributed by atoms with Gasteiger partial charge >= 0.3 is 6.03 Å². The summed E-state index contributed by atoms with van der Waals surface area (Å²) >= 11 is 5.88. The maximum atomic E-state index is 12.9. The van der Waals surface area contributed by atoms with Crippen molar-refractivity contribution >= 4 is 29.2 Å². The lowest BCUT2D eigenvalue weighted by molar-refractivity contribution is 0.102. The van der Waals surface area contributed by atoms with E-state index in [-0.39, 0.29) is 29.6 Å². The van der Waals surface area contributed by atoms with Crippen molar-refractivity contribution in [1.82, 2.24) is 15.1 Å². The first-order valence-electron chi connectivity index (χ1n) is 11.7. The molecule has 2 aromatic carbocycles. The zero-order valence-electron chi connectivity index (χ0n) is 19.3. The van der Waals surface area contributed by atoms with Crippen molar-refractivity contribution in [2.75, 3.05) is 5.32 Å². The van der Waals surface area contributed by atoms with E-state index in [1.54, 1.807) is 36.4 Å². The number of hydrogen-bond acceptors (Lipinski definition) is 4. The molecular weight excluding hydrogens is 452 g/mol. The van der Waals surface area contributed by atoms with E-state index in [1.807, 2.05) is 19.9 Å². The van der Waals surface area contributed by atoms with Crippen molar-refractivity contribution in [3.8, 4) is 17.0 Å². The number of hydrogen-bond donors (Lipinski definition) is 3. The molecule has 3 N–H and O–H groups in total. The van der Waals surface area contributed by atoms with Crippen LogP contribution in [0, 0.1) is 0 Å². The van der Waals surface area contributed by atoms with Gasteiger partial charge in [-0.15, -0.1) is 0 Å². The van der Waals surface area contributed by atoms with E-state index in [9.17, 15) is 14.7 Å². The SMILES string of the molecule is CCC(C)NC(=O)n1nc(-c2ccc(NC(=O)c3ccc(Cl)cc3)cc2O)cc1C1CCCC1. The van der Waals surface area contributed by atoms with E-state index in [4.69, 9.17) is 11.6 Å². The number of carbonyl (C=O) groups excluding carboxylic acids is 2. The van der Waals surface area contributed by atoms with Crippen molar-refractivity contribution in [1.29, 1.82) is 0 Å². The van der Waals surface area contributed by atoms with Crippen molar-refractivity contribution in [2.24, 2.45) is 0 Å². The Morgan fingerprint density at radius 1 is 1.15 bits per heavy atom. The Kier molecular flexibility index (Phi) is 7.22. The van der Waals surface area contributed by atoms with Crippen molar-refractivity contribution in [3.05, 3.63) is 64.8 Å². The normalized spacial score (nSPS) is 14.7. The molecule has 1 heterocycles. The molecule has 4 rings (SSSR count). The van der Waals surface area contributed by atoms with Gasteiger partial charge in [0.2, 0.25) is 0 Å². The van der Waals surface area contributed by atoms with Crippen LogP contribution in [0.2, 0.25) is 5.02 Å². The third kappa shape index (κ3) is 5.25. The average Bonchev–Trinajstić information content (AvgIpc) is 3.49. The third-order valence-corrected chi connectivity index (χ3v) is 6.57. The lowest BCUT2D eigenvalue weighted by atomic mass is 10.0. The number of anilines is 1. The van der Waals surface area contributed by atoms with Crippen molar-refractivity contribution in [2.45, 2.75) is 57.9 Å². The Bertz CT molecular complexity index is 1180. The number of nitrogens with one attached hydrogen (secondary N) is 2. The second kappa shape index (κ2) is 10.3. The number of phenolic OH excluding ortho intramolecular Hbond substituents is 1. The van der Waals surface area contributed by atoms with E-state index in [0.717, 1.165) is 37.8 Å². The molecule has 1 saturated carbocycles. The number of carbonyl (C=O) groups is 2. The van der Waals surface area contributed by atoms with Gasteiger partial charge in [0.25, 0.3) is 5.91 Å². The zero-order valence-corrected chi connectivity index (χ0v) is 20.1. The zero-order chi connectivity index (χ0) is 24.2. The maximum absolute atomic E-state index is 12.9. The average molecular weight is 481 g/mol. The van der Waals surface area contributed by atoms with Crippen LogP contribution in [0.1, 0.15) is 67.9 Å². The third-order valence-electron chi connectivity index (χ3n) is 6.32. The lowest BCUT2D eigenvalue weighted by Crippen LogP contribution is -2.37. The van der Waals surface area contributed by atoms with E-state index in [1.165, 1.54) is 10.7 Å². The Hall–Kier alpha value is -3.32. The molecule has 3 aromatic rings. The van der Waals surface area contributed by atoms with Crippen LogP contribution in [-0.2, 0) is 0 Å². The van der Waals surface area contributed by atoms with Gasteiger partial charge in [0.05, 0.1) is 11.4 Å². The van der Waals surface area contributed by atoms with Gasteiger partial charge in [0, 0.05) is 39.9 Å². The fourth-order valence-electron chi connectivity index (χ4n) is 4.21. The Morgan fingerprint density at radius 2 is 1.85 bits per heavy atom. The minimum Gasteiger partial charge on any atom is -0.507 e. The highest BCUT2D eigenvalue weighted by Gasteiger charge is 2.26. The fraction of sp³-hybridized carbons (Fsp3) is 0.346. The molecule has 7 nitrogen and oxygen atoms in total. The highest BCUT2D eigenvalue weighted by molar-refractivity contribution is 6.30. The molecule has 1 fully saturated rings. The fourth-order valence-corrected chi connectivity index (χ4v) is 4.33. The highest BCUT2D eigenvalue weighted by Crippen LogP contribution is 2.38. The summed E-state index contributed by atoms with van der Waals surface area (Å²) in [6.45, 7) is 3.98. The molecule has 1 atom stereocenters. The lowest BCUT2D eigenvalue weighted by Gasteiger charge is -2.15. The summed E-state index contributed by atoms with van der Waals surface area (Å²) in [7, 11) is 0. The molecule has 1 unspecified atom stereocenters. The topological polar surface area (TPSA) is 96.3 Å². The first kappa shape index (κ1) is 23.8. The molecule has 0 bridgehead atoms. The van der Waals surface area contributed by atoms with Crippen LogP contribution in [-0.4, -0.2) is 32.9 Å². The molecule has 178 valence electrons. The number of halogens is 1. The molecule has 0 spiro atoms. The van der Waals surface area contributed by atoms with Crippen LogP contribution in [0.3, 0.4) is 0 Å². The molecule has 0 radical (unpaired) electrons. The second-order valence-electron chi connectivity index (χ2n) is 8.80. The van der Waals surface area contributed by atoms with Gasteiger partial charge in [-0.25, -0.2) is 4.79 Å². The predicted octanol–water partition coefficient (Wildman–Crippen LogP) is 6.18. The molecule has 1 aromatic heterocycles. The minimum absolute atomic E-state index is 0.0288. The number of benzene rings is 2. The Labute approximate surface area is 204 Å². The van der Waals surface area contributed by atoms with Crippen LogP contribution in [0.4, 0.5) is 10.5 Å². The smallest absolute Gasteiger partial charge is 0.342 e. The molecule has 2 amide bonds. The highest BCUT2D eigenvalue weighted by atomic mass is 35.5. The summed E-state index contributed by atoms with van der Waals surface area (Å²) in [5.74, 6) is -0.0683. The van der Waals surface area contributed by atoms with Crippen molar-refractivity contribution < 1.29 is 14.7 Å². The first-order valence-corrected chi connectivity index (χ1v) is 12.0. The van der Waals surface area contributed by atoms with Gasteiger partial charge in [0.1, 0.15) is 5.75 Å². The van der Waals surface area contributed by atoms with Gasteiger partial charge in [0.15, 0.2) is 0 Å². The van der Waals surface area contributed by atoms with Crippen LogP contribution in [0.25, 0.3) is 11.3 Å². The van der Waals surface area contributed by atoms with Gasteiger partial charge in [-0.2, -0.15) is 9.78 Å². The molecule has 0 saturated heterocycles. The molecule has 1 aliphatic rings. The van der Waals surface area contributed by atoms with E-state index in [0.29, 0.717) is 27.5 Å². The summed E-state index contributed by atoms with van der Waals surface area (Å²) in [6, 6.07) is 13.1. The van der Waals surface area contributed by atoms with Crippen LogP contribution in [0.5, 0.6) is 5.75 Å². The monoisotopic (exact) mass is 480 g/mol.